The number of anilines is 1. The van der Waals surface area contributed by atoms with Crippen molar-refractivity contribution in [2.45, 2.75) is 26.8 Å². The number of hydrogen-bond donors (Lipinski definition) is 1. The van der Waals surface area contributed by atoms with Gasteiger partial charge in [-0.2, -0.15) is 0 Å². The Morgan fingerprint density at radius 2 is 2.14 bits per heavy atom. The Morgan fingerprint density at radius 1 is 1.43 bits per heavy atom. The molecule has 1 N–H and O–H groups in total. The second-order valence-corrected chi connectivity index (χ2v) is 5.88. The Hall–Kier alpha value is -1.59. The van der Waals surface area contributed by atoms with Crippen LogP contribution in [-0.2, 0) is 9.59 Å². The van der Waals surface area contributed by atoms with Crippen LogP contribution in [0, 0.1) is 6.92 Å². The highest BCUT2D eigenvalue weighted by Crippen LogP contribution is 2.28. The van der Waals surface area contributed by atoms with E-state index in [4.69, 9.17) is 11.6 Å². The van der Waals surface area contributed by atoms with Crippen molar-refractivity contribution in [1.82, 2.24) is 10.2 Å². The fraction of sp³-hybridized carbons (Fsp3) is 0.467. The fourth-order valence-corrected chi connectivity index (χ4v) is 2.39. The number of carbonyl (C=O) groups is 2. The normalized spacial score (nSPS) is 15.2. The second-order valence-electron chi connectivity index (χ2n) is 5.47. The van der Waals surface area contributed by atoms with Crippen molar-refractivity contribution in [2.24, 2.45) is 0 Å². The Bertz CT molecular complexity index is 560. The van der Waals surface area contributed by atoms with E-state index in [9.17, 15) is 9.59 Å². The monoisotopic (exact) mass is 309 g/mol. The quantitative estimate of drug-likeness (QED) is 0.922. The maximum absolute atomic E-state index is 12.2. The molecule has 0 radical (unpaired) electrons. The predicted molar refractivity (Wildman–Crippen MR) is 83.4 cm³/mol. The molecule has 1 heterocycles. The van der Waals surface area contributed by atoms with Crippen LogP contribution in [-0.4, -0.2) is 42.5 Å². The molecule has 5 nitrogen and oxygen atoms in total. The van der Waals surface area contributed by atoms with Crippen molar-refractivity contribution >= 4 is 29.1 Å². The third-order valence-corrected chi connectivity index (χ3v) is 3.89. The molecule has 0 aromatic heterocycles. The van der Waals surface area contributed by atoms with Crippen molar-refractivity contribution in [3.63, 3.8) is 0 Å². The highest BCUT2D eigenvalue weighted by molar-refractivity contribution is 6.31. The molecule has 0 atom stereocenters. The Morgan fingerprint density at radius 3 is 2.81 bits per heavy atom. The topological polar surface area (TPSA) is 52.6 Å². The van der Waals surface area contributed by atoms with Crippen LogP contribution in [0.25, 0.3) is 0 Å². The van der Waals surface area contributed by atoms with Crippen LogP contribution in [0.3, 0.4) is 0 Å². The SMILES string of the molecule is Cc1c(Cl)cccc1N1CN(C(=O)CNC(C)C)CC1=O. The van der Waals surface area contributed by atoms with E-state index in [0.717, 1.165) is 11.3 Å². The molecule has 1 fully saturated rings. The summed E-state index contributed by atoms with van der Waals surface area (Å²) in [4.78, 5) is 27.4. The summed E-state index contributed by atoms with van der Waals surface area (Å²) in [5.41, 5.74) is 1.61. The van der Waals surface area contributed by atoms with Gasteiger partial charge in [-0.25, -0.2) is 0 Å². The zero-order valence-electron chi connectivity index (χ0n) is 12.5. The van der Waals surface area contributed by atoms with Gasteiger partial charge in [0.25, 0.3) is 0 Å². The third-order valence-electron chi connectivity index (χ3n) is 3.48. The summed E-state index contributed by atoms with van der Waals surface area (Å²) in [5, 5.41) is 3.69. The van der Waals surface area contributed by atoms with Gasteiger partial charge >= 0.3 is 0 Å². The highest BCUT2D eigenvalue weighted by Gasteiger charge is 2.32. The lowest BCUT2D eigenvalue weighted by Crippen LogP contribution is -2.39. The molecule has 114 valence electrons. The molecule has 1 saturated heterocycles. The van der Waals surface area contributed by atoms with Gasteiger partial charge in [0.2, 0.25) is 11.8 Å². The van der Waals surface area contributed by atoms with Gasteiger partial charge in [-0.05, 0) is 24.6 Å². The average molecular weight is 310 g/mol. The first-order chi connectivity index (χ1) is 9.90. The van der Waals surface area contributed by atoms with Crippen molar-refractivity contribution < 1.29 is 9.59 Å². The van der Waals surface area contributed by atoms with Gasteiger partial charge in [0.05, 0.1) is 6.54 Å². The maximum Gasteiger partial charge on any atom is 0.248 e. The van der Waals surface area contributed by atoms with Gasteiger partial charge in [0, 0.05) is 16.8 Å². The van der Waals surface area contributed by atoms with Crippen molar-refractivity contribution in [3.8, 4) is 0 Å². The minimum absolute atomic E-state index is 0.0702. The Balaban J connectivity index is 2.09. The molecule has 2 rings (SSSR count). The standard InChI is InChI=1S/C15H20ClN3O2/c1-10(2)17-7-14(20)18-8-15(21)19(9-18)13-6-4-5-12(16)11(13)3/h4-6,10,17H,7-9H2,1-3H3. The van der Waals surface area contributed by atoms with Crippen molar-refractivity contribution in [1.29, 1.82) is 0 Å². The number of nitrogens with one attached hydrogen (secondary N) is 1. The molecule has 1 aromatic rings. The van der Waals surface area contributed by atoms with Crippen LogP contribution >= 0.6 is 11.6 Å². The average Bonchev–Trinajstić information content (AvgIpc) is 2.81. The predicted octanol–water partition coefficient (Wildman–Crippen LogP) is 1.78. The number of amides is 2. The van der Waals surface area contributed by atoms with E-state index in [2.05, 4.69) is 5.32 Å². The zero-order valence-corrected chi connectivity index (χ0v) is 13.3. The third kappa shape index (κ3) is 3.54. The summed E-state index contributed by atoms with van der Waals surface area (Å²) in [7, 11) is 0. The van der Waals surface area contributed by atoms with E-state index < -0.39 is 0 Å². The molecule has 2 amide bonds. The van der Waals surface area contributed by atoms with Gasteiger partial charge in [0.15, 0.2) is 0 Å². The number of carbonyl (C=O) groups excluding carboxylic acids is 2. The summed E-state index contributed by atoms with van der Waals surface area (Å²) in [6, 6.07) is 5.68. The molecule has 6 heteroatoms. The first kappa shape index (κ1) is 15.8. The van der Waals surface area contributed by atoms with Crippen LogP contribution in [0.2, 0.25) is 5.02 Å². The van der Waals surface area contributed by atoms with Crippen molar-refractivity contribution in [2.75, 3.05) is 24.7 Å². The smallest absolute Gasteiger partial charge is 0.248 e. The molecule has 0 bridgehead atoms. The molecular weight excluding hydrogens is 290 g/mol. The van der Waals surface area contributed by atoms with E-state index >= 15 is 0 Å². The minimum Gasteiger partial charge on any atom is -0.314 e. The first-order valence-corrected chi connectivity index (χ1v) is 7.34. The molecule has 0 saturated carbocycles. The summed E-state index contributed by atoms with van der Waals surface area (Å²) in [6.45, 7) is 6.46. The molecule has 0 aliphatic carbocycles. The van der Waals surface area contributed by atoms with E-state index in [1.165, 1.54) is 0 Å². The Kier molecular flexibility index (Phi) is 4.85. The molecule has 1 aromatic carbocycles. The van der Waals surface area contributed by atoms with Crippen LogP contribution in [0.1, 0.15) is 19.4 Å². The fourth-order valence-electron chi connectivity index (χ4n) is 2.22. The van der Waals surface area contributed by atoms with Crippen LogP contribution in [0.15, 0.2) is 18.2 Å². The van der Waals surface area contributed by atoms with Gasteiger partial charge in [-0.1, -0.05) is 31.5 Å². The molecule has 21 heavy (non-hydrogen) atoms. The number of nitrogens with zero attached hydrogens (tertiary/aromatic N) is 2. The first-order valence-electron chi connectivity index (χ1n) is 6.96. The van der Waals surface area contributed by atoms with Gasteiger partial charge in [-0.3, -0.25) is 14.5 Å². The van der Waals surface area contributed by atoms with Crippen LogP contribution < -0.4 is 10.2 Å². The van der Waals surface area contributed by atoms with Crippen molar-refractivity contribution in [3.05, 3.63) is 28.8 Å². The summed E-state index contributed by atoms with van der Waals surface area (Å²) < 4.78 is 0. The lowest BCUT2D eigenvalue weighted by atomic mass is 10.2. The second kappa shape index (κ2) is 6.45. The summed E-state index contributed by atoms with van der Waals surface area (Å²) >= 11 is 6.09. The Labute approximate surface area is 129 Å². The van der Waals surface area contributed by atoms with Gasteiger partial charge < -0.3 is 10.2 Å². The lowest BCUT2D eigenvalue weighted by molar-refractivity contribution is -0.130. The van der Waals surface area contributed by atoms with E-state index in [-0.39, 0.29) is 37.6 Å². The maximum atomic E-state index is 12.2. The van der Waals surface area contributed by atoms with Gasteiger partial charge in [-0.15, -0.1) is 0 Å². The zero-order chi connectivity index (χ0) is 15.6. The molecule has 1 aliphatic rings. The largest absolute Gasteiger partial charge is 0.314 e. The number of benzene rings is 1. The number of halogens is 1. The van der Waals surface area contributed by atoms with E-state index in [1.54, 1.807) is 15.9 Å². The molecule has 1 aliphatic heterocycles. The summed E-state index contributed by atoms with van der Waals surface area (Å²) in [5.74, 6) is -0.155. The molecular formula is C15H20ClN3O2. The van der Waals surface area contributed by atoms with Crippen LogP contribution in [0.4, 0.5) is 5.69 Å². The minimum atomic E-state index is -0.0849. The lowest BCUT2D eigenvalue weighted by Gasteiger charge is -2.20. The highest BCUT2D eigenvalue weighted by atomic mass is 35.5. The van der Waals surface area contributed by atoms with Crippen LogP contribution in [0.5, 0.6) is 0 Å². The molecule has 0 spiro atoms. The van der Waals surface area contributed by atoms with E-state index in [1.807, 2.05) is 32.9 Å². The summed E-state index contributed by atoms with van der Waals surface area (Å²) in [6.07, 6.45) is 0. The van der Waals surface area contributed by atoms with Gasteiger partial charge in [0.1, 0.15) is 13.2 Å². The number of hydrogen-bond acceptors (Lipinski definition) is 3. The number of rotatable bonds is 4. The molecule has 0 unspecified atom stereocenters. The van der Waals surface area contributed by atoms with E-state index in [0.29, 0.717) is 5.02 Å².